The van der Waals surface area contributed by atoms with Crippen LogP contribution in [0.1, 0.15) is 5.56 Å². The van der Waals surface area contributed by atoms with E-state index in [4.69, 9.17) is 11.0 Å². The molecular formula is C14H10F3N3O. The molecule has 0 unspecified atom stereocenters. The van der Waals surface area contributed by atoms with Gasteiger partial charge >= 0.3 is 6.36 Å². The van der Waals surface area contributed by atoms with Gasteiger partial charge in [0.25, 0.3) is 0 Å². The number of halogens is 3. The molecule has 2 rings (SSSR count). The number of rotatable bonds is 3. The summed E-state index contributed by atoms with van der Waals surface area (Å²) in [5, 5.41) is 8.70. The van der Waals surface area contributed by atoms with Gasteiger partial charge in [-0.25, -0.2) is 0 Å². The van der Waals surface area contributed by atoms with Crippen LogP contribution in [0.4, 0.5) is 18.9 Å². The molecule has 0 aliphatic rings. The Hall–Kier alpha value is -2.75. The lowest BCUT2D eigenvalue weighted by atomic mass is 10.1. The zero-order chi connectivity index (χ0) is 15.5. The van der Waals surface area contributed by atoms with Gasteiger partial charge in [0.1, 0.15) is 5.75 Å². The van der Waals surface area contributed by atoms with E-state index in [-0.39, 0.29) is 12.2 Å². The van der Waals surface area contributed by atoms with Crippen molar-refractivity contribution in [2.24, 2.45) is 0 Å². The van der Waals surface area contributed by atoms with E-state index in [1.165, 1.54) is 30.5 Å². The summed E-state index contributed by atoms with van der Waals surface area (Å²) in [5.74, 6) is -0.307. The maximum absolute atomic E-state index is 12.1. The molecule has 2 aromatic rings. The van der Waals surface area contributed by atoms with E-state index in [2.05, 4.69) is 9.72 Å². The molecule has 0 spiro atoms. The highest BCUT2D eigenvalue weighted by molar-refractivity contribution is 5.64. The quantitative estimate of drug-likeness (QED) is 0.942. The first-order chi connectivity index (χ1) is 9.89. The van der Waals surface area contributed by atoms with Crippen LogP contribution in [0, 0.1) is 11.3 Å². The zero-order valence-electron chi connectivity index (χ0n) is 10.7. The molecule has 4 nitrogen and oxygen atoms in total. The molecule has 1 aromatic heterocycles. The van der Waals surface area contributed by atoms with Crippen LogP contribution in [-0.2, 0) is 6.42 Å². The van der Waals surface area contributed by atoms with Crippen molar-refractivity contribution in [1.82, 2.24) is 4.98 Å². The van der Waals surface area contributed by atoms with Crippen LogP contribution in [0.15, 0.2) is 36.5 Å². The highest BCUT2D eigenvalue weighted by atomic mass is 19.4. The second-order valence-electron chi connectivity index (χ2n) is 4.18. The number of nitrogens with zero attached hydrogens (tertiary/aromatic N) is 2. The van der Waals surface area contributed by atoms with Crippen LogP contribution in [0.25, 0.3) is 11.3 Å². The number of nitrogens with two attached hydrogens (primary N) is 1. The lowest BCUT2D eigenvalue weighted by Gasteiger charge is -2.09. The molecule has 2 N–H and O–H groups in total. The van der Waals surface area contributed by atoms with Crippen LogP contribution in [0.3, 0.4) is 0 Å². The summed E-state index contributed by atoms with van der Waals surface area (Å²) in [6.45, 7) is 0. The molecule has 0 atom stereocenters. The summed E-state index contributed by atoms with van der Waals surface area (Å²) in [6.07, 6.45) is -3.17. The Morgan fingerprint density at radius 3 is 2.48 bits per heavy atom. The van der Waals surface area contributed by atoms with Crippen LogP contribution >= 0.6 is 0 Å². The minimum Gasteiger partial charge on any atom is -0.406 e. The van der Waals surface area contributed by atoms with E-state index in [9.17, 15) is 13.2 Å². The van der Waals surface area contributed by atoms with Crippen molar-refractivity contribution < 1.29 is 17.9 Å². The van der Waals surface area contributed by atoms with Crippen molar-refractivity contribution >= 4 is 5.69 Å². The summed E-state index contributed by atoms with van der Waals surface area (Å²) < 4.78 is 40.0. The number of benzene rings is 1. The highest BCUT2D eigenvalue weighted by Gasteiger charge is 2.30. The van der Waals surface area contributed by atoms with Gasteiger partial charge in [0, 0.05) is 5.56 Å². The van der Waals surface area contributed by atoms with Gasteiger partial charge < -0.3 is 10.5 Å². The Bertz CT molecular complexity index is 675. The third kappa shape index (κ3) is 3.86. The predicted molar refractivity (Wildman–Crippen MR) is 70.1 cm³/mol. The number of aromatic nitrogens is 1. The maximum Gasteiger partial charge on any atom is 0.573 e. The van der Waals surface area contributed by atoms with E-state index in [0.29, 0.717) is 22.5 Å². The average molecular weight is 293 g/mol. The lowest BCUT2D eigenvalue weighted by molar-refractivity contribution is -0.274. The lowest BCUT2D eigenvalue weighted by Crippen LogP contribution is -2.16. The number of anilines is 1. The van der Waals surface area contributed by atoms with E-state index >= 15 is 0 Å². The molecule has 0 saturated heterocycles. The Balaban J connectivity index is 2.27. The van der Waals surface area contributed by atoms with Gasteiger partial charge in [-0.1, -0.05) is 0 Å². The number of nitrogen functional groups attached to an aromatic ring is 1. The predicted octanol–water partition coefficient (Wildman–Crippen LogP) is 3.30. The SMILES string of the molecule is N#CCc1cc(-c2ccc(OC(F)(F)F)cc2)ncc1N. The summed E-state index contributed by atoms with van der Waals surface area (Å²) in [7, 11) is 0. The Morgan fingerprint density at radius 2 is 1.90 bits per heavy atom. The first-order valence-electron chi connectivity index (χ1n) is 5.86. The minimum absolute atomic E-state index is 0.136. The Morgan fingerprint density at radius 1 is 1.24 bits per heavy atom. The van der Waals surface area contributed by atoms with Crippen LogP contribution in [0.2, 0.25) is 0 Å². The molecule has 0 aliphatic carbocycles. The molecule has 0 saturated carbocycles. The molecule has 108 valence electrons. The topological polar surface area (TPSA) is 71.9 Å². The molecule has 21 heavy (non-hydrogen) atoms. The second-order valence-corrected chi connectivity index (χ2v) is 4.18. The molecule has 0 fully saturated rings. The zero-order valence-corrected chi connectivity index (χ0v) is 10.7. The third-order valence-corrected chi connectivity index (χ3v) is 2.68. The van der Waals surface area contributed by atoms with E-state index < -0.39 is 6.36 Å². The number of hydrogen-bond acceptors (Lipinski definition) is 4. The molecule has 0 aliphatic heterocycles. The normalized spacial score (nSPS) is 11.0. The average Bonchev–Trinajstić information content (AvgIpc) is 2.41. The summed E-state index contributed by atoms with van der Waals surface area (Å²) >= 11 is 0. The molecule has 7 heteroatoms. The number of ether oxygens (including phenoxy) is 1. The molecule has 1 aromatic carbocycles. The molecule has 0 radical (unpaired) electrons. The summed E-state index contributed by atoms with van der Waals surface area (Å²) in [4.78, 5) is 4.10. The molecule has 1 heterocycles. The van der Waals surface area contributed by atoms with Gasteiger partial charge in [-0.15, -0.1) is 13.2 Å². The van der Waals surface area contributed by atoms with E-state index in [1.54, 1.807) is 6.07 Å². The molecular weight excluding hydrogens is 283 g/mol. The van der Waals surface area contributed by atoms with Crippen molar-refractivity contribution in [1.29, 1.82) is 5.26 Å². The Kier molecular flexibility index (Phi) is 3.98. The van der Waals surface area contributed by atoms with Gasteiger partial charge in [0.2, 0.25) is 0 Å². The van der Waals surface area contributed by atoms with Crippen molar-refractivity contribution in [3.05, 3.63) is 42.1 Å². The highest BCUT2D eigenvalue weighted by Crippen LogP contribution is 2.26. The standard InChI is InChI=1S/C14H10F3N3O/c15-14(16,17)21-11-3-1-9(2-4-11)13-7-10(5-6-18)12(19)8-20-13/h1-4,7-8H,5,19H2. The largest absolute Gasteiger partial charge is 0.573 e. The third-order valence-electron chi connectivity index (χ3n) is 2.68. The van der Waals surface area contributed by atoms with Gasteiger partial charge in [0.15, 0.2) is 0 Å². The molecule has 0 bridgehead atoms. The monoisotopic (exact) mass is 293 g/mol. The maximum atomic E-state index is 12.1. The van der Waals surface area contributed by atoms with Crippen LogP contribution in [-0.4, -0.2) is 11.3 Å². The van der Waals surface area contributed by atoms with Gasteiger partial charge in [0.05, 0.1) is 30.1 Å². The van der Waals surface area contributed by atoms with Crippen molar-refractivity contribution in [2.75, 3.05) is 5.73 Å². The molecule has 0 amide bonds. The number of alkyl halides is 3. The Labute approximate surface area is 118 Å². The van der Waals surface area contributed by atoms with Crippen molar-refractivity contribution in [3.8, 4) is 23.1 Å². The number of pyridine rings is 1. The van der Waals surface area contributed by atoms with Gasteiger partial charge in [-0.2, -0.15) is 5.26 Å². The summed E-state index contributed by atoms with van der Waals surface area (Å²) in [6, 6.07) is 8.93. The summed E-state index contributed by atoms with van der Waals surface area (Å²) in [5.41, 5.74) is 7.83. The fourth-order valence-corrected chi connectivity index (χ4v) is 1.73. The van der Waals surface area contributed by atoms with Crippen molar-refractivity contribution in [3.63, 3.8) is 0 Å². The number of hydrogen-bond donors (Lipinski definition) is 1. The number of nitriles is 1. The smallest absolute Gasteiger partial charge is 0.406 e. The van der Waals surface area contributed by atoms with Crippen molar-refractivity contribution in [2.45, 2.75) is 12.8 Å². The van der Waals surface area contributed by atoms with E-state index in [1.807, 2.05) is 6.07 Å². The fraction of sp³-hybridized carbons (Fsp3) is 0.143. The second kappa shape index (κ2) is 5.71. The van der Waals surface area contributed by atoms with E-state index in [0.717, 1.165) is 0 Å². The minimum atomic E-state index is -4.72. The first kappa shape index (κ1) is 14.7. The van der Waals surface area contributed by atoms with Crippen LogP contribution < -0.4 is 10.5 Å². The van der Waals surface area contributed by atoms with Gasteiger partial charge in [-0.05, 0) is 35.9 Å². The van der Waals surface area contributed by atoms with Gasteiger partial charge in [-0.3, -0.25) is 4.98 Å². The first-order valence-corrected chi connectivity index (χ1v) is 5.86. The van der Waals surface area contributed by atoms with Crippen LogP contribution in [0.5, 0.6) is 5.75 Å². The fourth-order valence-electron chi connectivity index (χ4n) is 1.73.